The molecule has 0 aliphatic carbocycles. The number of hydrogen-bond acceptors (Lipinski definition) is 3. The first kappa shape index (κ1) is 8.97. The highest BCUT2D eigenvalue weighted by Crippen LogP contribution is 2.18. The van der Waals surface area contributed by atoms with Crippen molar-refractivity contribution in [3.8, 4) is 0 Å². The van der Waals surface area contributed by atoms with Crippen LogP contribution in [0.2, 0.25) is 0 Å². The smallest absolute Gasteiger partial charge is 0.167 e. The van der Waals surface area contributed by atoms with Crippen LogP contribution in [0.3, 0.4) is 0 Å². The van der Waals surface area contributed by atoms with Crippen LogP contribution in [0.15, 0.2) is 10.8 Å². The van der Waals surface area contributed by atoms with Gasteiger partial charge in [-0.25, -0.2) is 0 Å². The Balaban J connectivity index is 2.99. The normalized spacial score (nSPS) is 10.7. The predicted molar refractivity (Wildman–Crippen MR) is 45.2 cm³/mol. The maximum Gasteiger partial charge on any atom is 0.167 e. The summed E-state index contributed by atoms with van der Waals surface area (Å²) in [6, 6.07) is 0. The molecule has 1 aromatic rings. The molecule has 0 bridgehead atoms. The minimum atomic E-state index is 0.0972. The summed E-state index contributed by atoms with van der Waals surface area (Å²) in [7, 11) is 0. The maximum absolute atomic E-state index is 11.3. The Morgan fingerprint density at radius 2 is 2.33 bits per heavy atom. The number of hydrogen-bond donors (Lipinski definition) is 0. The first-order chi connectivity index (χ1) is 5.66. The van der Waals surface area contributed by atoms with Gasteiger partial charge in [-0.15, -0.1) is 0 Å². The van der Waals surface area contributed by atoms with E-state index in [0.29, 0.717) is 12.0 Å². The lowest BCUT2D eigenvalue weighted by Gasteiger charge is -2.00. The largest absolute Gasteiger partial charge is 0.364 e. The number of carbonyl (C=O) groups is 1. The average molecular weight is 167 g/mol. The van der Waals surface area contributed by atoms with Gasteiger partial charge in [0, 0.05) is 6.42 Å². The van der Waals surface area contributed by atoms with Gasteiger partial charge in [-0.2, -0.15) is 0 Å². The van der Waals surface area contributed by atoms with Crippen molar-refractivity contribution in [3.63, 3.8) is 0 Å². The van der Waals surface area contributed by atoms with Crippen molar-refractivity contribution in [3.05, 3.63) is 17.5 Å². The topological polar surface area (TPSA) is 43.1 Å². The molecule has 0 saturated carbocycles. The van der Waals surface area contributed by atoms with Crippen LogP contribution in [-0.4, -0.2) is 10.9 Å². The van der Waals surface area contributed by atoms with E-state index in [1.807, 2.05) is 20.8 Å². The lowest BCUT2D eigenvalue weighted by atomic mass is 10.0. The number of ketones is 1. The van der Waals surface area contributed by atoms with Gasteiger partial charge < -0.3 is 4.52 Å². The molecule has 1 rings (SSSR count). The molecule has 3 nitrogen and oxygen atoms in total. The van der Waals surface area contributed by atoms with Crippen molar-refractivity contribution >= 4 is 5.78 Å². The zero-order chi connectivity index (χ0) is 9.14. The lowest BCUT2D eigenvalue weighted by molar-refractivity contribution is 0.0986. The van der Waals surface area contributed by atoms with E-state index in [9.17, 15) is 4.79 Å². The number of aromatic nitrogens is 1. The van der Waals surface area contributed by atoms with Crippen LogP contribution in [0.5, 0.6) is 0 Å². The van der Waals surface area contributed by atoms with Gasteiger partial charge in [0.15, 0.2) is 5.78 Å². The summed E-state index contributed by atoms with van der Waals surface area (Å²) < 4.78 is 4.76. The van der Waals surface area contributed by atoms with Crippen molar-refractivity contribution < 1.29 is 9.32 Å². The van der Waals surface area contributed by atoms with E-state index in [-0.39, 0.29) is 11.7 Å². The first-order valence-corrected chi connectivity index (χ1v) is 4.14. The Morgan fingerprint density at radius 1 is 1.67 bits per heavy atom. The molecule has 0 radical (unpaired) electrons. The van der Waals surface area contributed by atoms with Crippen molar-refractivity contribution in [1.29, 1.82) is 0 Å². The Morgan fingerprint density at radius 3 is 2.83 bits per heavy atom. The zero-order valence-electron chi connectivity index (χ0n) is 7.63. The molecule has 0 fully saturated rings. The molecule has 0 N–H and O–H groups in total. The Hall–Kier alpha value is -1.12. The van der Waals surface area contributed by atoms with Gasteiger partial charge in [0.2, 0.25) is 0 Å². The van der Waals surface area contributed by atoms with E-state index in [1.54, 1.807) is 0 Å². The summed E-state index contributed by atoms with van der Waals surface area (Å²) >= 11 is 0. The summed E-state index contributed by atoms with van der Waals surface area (Å²) in [5.41, 5.74) is 1.40. The summed E-state index contributed by atoms with van der Waals surface area (Å²) in [6.45, 7) is 5.81. The van der Waals surface area contributed by atoms with Gasteiger partial charge in [-0.05, 0) is 5.92 Å². The van der Waals surface area contributed by atoms with Gasteiger partial charge in [0.25, 0.3) is 0 Å². The molecule has 0 unspecified atom stereocenters. The van der Waals surface area contributed by atoms with Gasteiger partial charge in [0.05, 0.1) is 11.3 Å². The van der Waals surface area contributed by atoms with E-state index < -0.39 is 0 Å². The van der Waals surface area contributed by atoms with Crippen LogP contribution in [0.4, 0.5) is 0 Å². The van der Waals surface area contributed by atoms with E-state index in [1.165, 1.54) is 6.26 Å². The SMILES string of the molecule is CCC(=O)c1conc1C(C)C. The van der Waals surface area contributed by atoms with Crippen LogP contribution >= 0.6 is 0 Å². The van der Waals surface area contributed by atoms with E-state index in [0.717, 1.165) is 5.69 Å². The first-order valence-electron chi connectivity index (χ1n) is 4.14. The Bertz CT molecular complexity index is 276. The number of rotatable bonds is 3. The number of Topliss-reactive ketones (excluding diaryl/α,β-unsaturated/α-hetero) is 1. The number of carbonyl (C=O) groups excluding carboxylic acids is 1. The molecule has 0 aliphatic rings. The average Bonchev–Trinajstić information content (AvgIpc) is 2.50. The molecule has 1 heterocycles. The van der Waals surface area contributed by atoms with Gasteiger partial charge >= 0.3 is 0 Å². The Labute approximate surface area is 71.7 Å². The highest BCUT2D eigenvalue weighted by atomic mass is 16.5. The fourth-order valence-corrected chi connectivity index (χ4v) is 1.06. The third kappa shape index (κ3) is 1.55. The van der Waals surface area contributed by atoms with E-state index >= 15 is 0 Å². The molecule has 0 saturated heterocycles. The molecule has 0 aromatic carbocycles. The molecule has 0 atom stereocenters. The highest BCUT2D eigenvalue weighted by Gasteiger charge is 2.16. The van der Waals surface area contributed by atoms with Crippen molar-refractivity contribution in [1.82, 2.24) is 5.16 Å². The molecule has 0 amide bonds. The summed E-state index contributed by atoms with van der Waals surface area (Å²) in [5.74, 6) is 0.342. The third-order valence-corrected chi connectivity index (χ3v) is 1.77. The monoisotopic (exact) mass is 167 g/mol. The van der Waals surface area contributed by atoms with Gasteiger partial charge in [0.1, 0.15) is 6.26 Å². The van der Waals surface area contributed by atoms with E-state index in [2.05, 4.69) is 5.16 Å². The van der Waals surface area contributed by atoms with E-state index in [4.69, 9.17) is 4.52 Å². The second-order valence-electron chi connectivity index (χ2n) is 3.04. The Kier molecular flexibility index (Phi) is 2.63. The second-order valence-corrected chi connectivity index (χ2v) is 3.04. The summed E-state index contributed by atoms with van der Waals surface area (Å²) in [6.07, 6.45) is 1.93. The minimum Gasteiger partial charge on any atom is -0.364 e. The lowest BCUT2D eigenvalue weighted by Crippen LogP contribution is -2.01. The van der Waals surface area contributed by atoms with Crippen LogP contribution in [0, 0.1) is 0 Å². The van der Waals surface area contributed by atoms with Crippen molar-refractivity contribution in [2.24, 2.45) is 0 Å². The summed E-state index contributed by atoms with van der Waals surface area (Å²) in [4.78, 5) is 11.3. The van der Waals surface area contributed by atoms with Crippen LogP contribution in [0.1, 0.15) is 49.2 Å². The van der Waals surface area contributed by atoms with Gasteiger partial charge in [-0.3, -0.25) is 4.79 Å². The molecule has 66 valence electrons. The van der Waals surface area contributed by atoms with Gasteiger partial charge in [-0.1, -0.05) is 25.9 Å². The maximum atomic E-state index is 11.3. The summed E-state index contributed by atoms with van der Waals surface area (Å²) in [5, 5.41) is 3.79. The molecule has 0 aliphatic heterocycles. The van der Waals surface area contributed by atoms with Crippen molar-refractivity contribution in [2.75, 3.05) is 0 Å². The molecular weight excluding hydrogens is 154 g/mol. The molecular formula is C9H13NO2. The minimum absolute atomic E-state index is 0.0972. The zero-order valence-corrected chi connectivity index (χ0v) is 7.63. The second kappa shape index (κ2) is 3.52. The highest BCUT2D eigenvalue weighted by molar-refractivity contribution is 5.96. The predicted octanol–water partition coefficient (Wildman–Crippen LogP) is 2.39. The molecule has 0 spiro atoms. The molecule has 1 aromatic heterocycles. The van der Waals surface area contributed by atoms with Crippen LogP contribution < -0.4 is 0 Å². The van der Waals surface area contributed by atoms with Crippen LogP contribution in [-0.2, 0) is 0 Å². The fraction of sp³-hybridized carbons (Fsp3) is 0.556. The molecule has 3 heteroatoms. The molecule has 12 heavy (non-hydrogen) atoms. The third-order valence-electron chi connectivity index (χ3n) is 1.77. The fourth-order valence-electron chi connectivity index (χ4n) is 1.06. The standard InChI is InChI=1S/C9H13NO2/c1-4-8(11)7-5-12-10-9(7)6(2)3/h5-6H,4H2,1-3H3. The quantitative estimate of drug-likeness (QED) is 0.649. The van der Waals surface area contributed by atoms with Crippen molar-refractivity contribution in [2.45, 2.75) is 33.1 Å². The van der Waals surface area contributed by atoms with Crippen LogP contribution in [0.25, 0.3) is 0 Å². The number of nitrogens with zero attached hydrogens (tertiary/aromatic N) is 1.